The SMILES string of the molecule is COc1ccccc1CNc1cc(Br)ccc1C(F)(F)F. The van der Waals surface area contributed by atoms with Gasteiger partial charge in [0, 0.05) is 22.3 Å². The van der Waals surface area contributed by atoms with Crippen LogP contribution in [0.2, 0.25) is 0 Å². The topological polar surface area (TPSA) is 21.3 Å². The van der Waals surface area contributed by atoms with E-state index in [1.54, 1.807) is 12.1 Å². The van der Waals surface area contributed by atoms with E-state index in [2.05, 4.69) is 21.2 Å². The summed E-state index contributed by atoms with van der Waals surface area (Å²) in [6.07, 6.45) is -4.40. The molecule has 0 heterocycles. The zero-order valence-electron chi connectivity index (χ0n) is 11.2. The first-order valence-corrected chi connectivity index (χ1v) is 6.93. The fourth-order valence-corrected chi connectivity index (χ4v) is 2.31. The van der Waals surface area contributed by atoms with E-state index < -0.39 is 11.7 Å². The number of halogens is 4. The van der Waals surface area contributed by atoms with Gasteiger partial charge in [0.2, 0.25) is 0 Å². The van der Waals surface area contributed by atoms with Gasteiger partial charge in [-0.1, -0.05) is 34.1 Å². The summed E-state index contributed by atoms with van der Waals surface area (Å²) in [5.41, 5.74) is 0.122. The van der Waals surface area contributed by atoms with Crippen molar-refractivity contribution in [1.82, 2.24) is 0 Å². The lowest BCUT2D eigenvalue weighted by molar-refractivity contribution is -0.137. The Kier molecular flexibility index (Phi) is 4.77. The quantitative estimate of drug-likeness (QED) is 0.820. The van der Waals surface area contributed by atoms with Crippen LogP contribution in [-0.2, 0) is 12.7 Å². The highest BCUT2D eigenvalue weighted by molar-refractivity contribution is 9.10. The van der Waals surface area contributed by atoms with Crippen LogP contribution in [0.15, 0.2) is 46.9 Å². The monoisotopic (exact) mass is 359 g/mol. The van der Waals surface area contributed by atoms with Gasteiger partial charge in [-0.15, -0.1) is 0 Å². The van der Waals surface area contributed by atoms with Crippen molar-refractivity contribution < 1.29 is 17.9 Å². The van der Waals surface area contributed by atoms with Crippen LogP contribution < -0.4 is 10.1 Å². The zero-order chi connectivity index (χ0) is 15.5. The molecule has 2 nitrogen and oxygen atoms in total. The molecular formula is C15H13BrF3NO. The molecule has 0 aromatic heterocycles. The Hall–Kier alpha value is -1.69. The van der Waals surface area contributed by atoms with E-state index in [0.29, 0.717) is 10.2 Å². The molecule has 0 spiro atoms. The van der Waals surface area contributed by atoms with E-state index in [1.165, 1.54) is 19.2 Å². The molecule has 0 atom stereocenters. The third-order valence-corrected chi connectivity index (χ3v) is 3.44. The molecule has 0 saturated heterocycles. The summed E-state index contributed by atoms with van der Waals surface area (Å²) in [5.74, 6) is 0.633. The van der Waals surface area contributed by atoms with Gasteiger partial charge in [-0.3, -0.25) is 0 Å². The molecule has 0 bridgehead atoms. The molecule has 0 aliphatic rings. The third-order valence-electron chi connectivity index (χ3n) is 2.95. The Bertz CT molecular complexity index is 629. The fraction of sp³-hybridized carbons (Fsp3) is 0.200. The van der Waals surface area contributed by atoms with E-state index in [9.17, 15) is 13.2 Å². The van der Waals surface area contributed by atoms with E-state index in [4.69, 9.17) is 4.74 Å². The molecule has 6 heteroatoms. The van der Waals surface area contributed by atoms with Crippen LogP contribution in [0.25, 0.3) is 0 Å². The second-order valence-electron chi connectivity index (χ2n) is 4.35. The molecule has 0 radical (unpaired) electrons. The van der Waals surface area contributed by atoms with Gasteiger partial charge in [0.05, 0.1) is 12.7 Å². The number of nitrogens with one attached hydrogen (secondary N) is 1. The summed E-state index contributed by atoms with van der Waals surface area (Å²) >= 11 is 3.19. The van der Waals surface area contributed by atoms with Crippen LogP contribution in [0, 0.1) is 0 Å². The van der Waals surface area contributed by atoms with Crippen molar-refractivity contribution >= 4 is 21.6 Å². The highest BCUT2D eigenvalue weighted by Crippen LogP contribution is 2.36. The van der Waals surface area contributed by atoms with Crippen LogP contribution in [0.1, 0.15) is 11.1 Å². The number of ether oxygens (including phenoxy) is 1. The predicted octanol–water partition coefficient (Wildman–Crippen LogP) is 5.09. The minimum Gasteiger partial charge on any atom is -0.496 e. The number of alkyl halides is 3. The van der Waals surface area contributed by atoms with E-state index in [-0.39, 0.29) is 12.2 Å². The molecule has 0 amide bonds. The van der Waals surface area contributed by atoms with Crippen molar-refractivity contribution in [2.75, 3.05) is 12.4 Å². The first kappa shape index (κ1) is 15.7. The summed E-state index contributed by atoms with van der Waals surface area (Å²) in [6.45, 7) is 0.240. The van der Waals surface area contributed by atoms with Gasteiger partial charge in [-0.05, 0) is 24.3 Å². The summed E-state index contributed by atoms with van der Waals surface area (Å²) in [5, 5.41) is 2.82. The average Bonchev–Trinajstić information content (AvgIpc) is 2.44. The van der Waals surface area contributed by atoms with E-state index in [0.717, 1.165) is 11.6 Å². The number of hydrogen-bond donors (Lipinski definition) is 1. The van der Waals surface area contributed by atoms with Gasteiger partial charge >= 0.3 is 6.18 Å². The molecule has 1 N–H and O–H groups in total. The molecule has 0 aliphatic heterocycles. The molecule has 112 valence electrons. The maximum atomic E-state index is 13.0. The number of benzene rings is 2. The van der Waals surface area contributed by atoms with Gasteiger partial charge in [0.25, 0.3) is 0 Å². The van der Waals surface area contributed by atoms with Crippen LogP contribution in [0.4, 0.5) is 18.9 Å². The van der Waals surface area contributed by atoms with Crippen LogP contribution in [0.5, 0.6) is 5.75 Å². The summed E-state index contributed by atoms with van der Waals surface area (Å²) in [4.78, 5) is 0. The van der Waals surface area contributed by atoms with Crippen molar-refractivity contribution in [3.63, 3.8) is 0 Å². The van der Waals surface area contributed by atoms with Gasteiger partial charge < -0.3 is 10.1 Å². The average molecular weight is 360 g/mol. The molecule has 0 fully saturated rings. The lowest BCUT2D eigenvalue weighted by Gasteiger charge is -2.16. The van der Waals surface area contributed by atoms with E-state index >= 15 is 0 Å². The van der Waals surface area contributed by atoms with Gasteiger partial charge in [0.15, 0.2) is 0 Å². The third kappa shape index (κ3) is 3.91. The highest BCUT2D eigenvalue weighted by atomic mass is 79.9. The van der Waals surface area contributed by atoms with Crippen molar-refractivity contribution in [1.29, 1.82) is 0 Å². The largest absolute Gasteiger partial charge is 0.496 e. The van der Waals surface area contributed by atoms with Gasteiger partial charge in [-0.25, -0.2) is 0 Å². The Morgan fingerprint density at radius 3 is 2.52 bits per heavy atom. The number of anilines is 1. The zero-order valence-corrected chi connectivity index (χ0v) is 12.8. The first-order valence-electron chi connectivity index (χ1n) is 6.14. The Morgan fingerprint density at radius 2 is 1.86 bits per heavy atom. The second kappa shape index (κ2) is 6.39. The summed E-state index contributed by atoms with van der Waals surface area (Å²) in [7, 11) is 1.53. The number of hydrogen-bond acceptors (Lipinski definition) is 2. The molecule has 0 saturated carbocycles. The minimum absolute atomic E-state index is 0.0304. The van der Waals surface area contributed by atoms with Crippen molar-refractivity contribution in [2.45, 2.75) is 12.7 Å². The Labute approximate surface area is 129 Å². The normalized spacial score (nSPS) is 11.3. The maximum Gasteiger partial charge on any atom is 0.418 e. The fourth-order valence-electron chi connectivity index (χ4n) is 1.95. The first-order chi connectivity index (χ1) is 9.91. The number of rotatable bonds is 4. The molecule has 0 aliphatic carbocycles. The predicted molar refractivity (Wildman–Crippen MR) is 79.5 cm³/mol. The summed E-state index contributed by atoms with van der Waals surface area (Å²) < 4.78 is 44.7. The number of para-hydroxylation sites is 1. The summed E-state index contributed by atoms with van der Waals surface area (Å²) in [6, 6.07) is 11.0. The molecule has 2 rings (SSSR count). The molecule has 2 aromatic carbocycles. The maximum absolute atomic E-state index is 13.0. The standard InChI is InChI=1S/C15H13BrF3NO/c1-21-14-5-3-2-4-10(14)9-20-13-8-11(16)6-7-12(13)15(17,18)19/h2-8,20H,9H2,1H3. The van der Waals surface area contributed by atoms with Gasteiger partial charge in [-0.2, -0.15) is 13.2 Å². The Morgan fingerprint density at radius 1 is 1.14 bits per heavy atom. The molecular weight excluding hydrogens is 347 g/mol. The smallest absolute Gasteiger partial charge is 0.418 e. The molecule has 21 heavy (non-hydrogen) atoms. The second-order valence-corrected chi connectivity index (χ2v) is 5.27. The number of methoxy groups -OCH3 is 1. The minimum atomic E-state index is -4.40. The van der Waals surface area contributed by atoms with Crippen LogP contribution in [0.3, 0.4) is 0 Å². The van der Waals surface area contributed by atoms with Gasteiger partial charge in [0.1, 0.15) is 5.75 Å². The van der Waals surface area contributed by atoms with Crippen molar-refractivity contribution in [3.8, 4) is 5.75 Å². The highest BCUT2D eigenvalue weighted by Gasteiger charge is 2.33. The molecule has 2 aromatic rings. The van der Waals surface area contributed by atoms with Crippen LogP contribution >= 0.6 is 15.9 Å². The van der Waals surface area contributed by atoms with Crippen molar-refractivity contribution in [2.24, 2.45) is 0 Å². The van der Waals surface area contributed by atoms with Crippen LogP contribution in [-0.4, -0.2) is 7.11 Å². The van der Waals surface area contributed by atoms with Crippen molar-refractivity contribution in [3.05, 3.63) is 58.1 Å². The lowest BCUT2D eigenvalue weighted by atomic mass is 10.1. The lowest BCUT2D eigenvalue weighted by Crippen LogP contribution is -2.11. The molecule has 0 unspecified atom stereocenters. The van der Waals surface area contributed by atoms with E-state index in [1.807, 2.05) is 12.1 Å². The Balaban J connectivity index is 2.25.